The summed E-state index contributed by atoms with van der Waals surface area (Å²) >= 11 is 0.757. The van der Waals surface area contributed by atoms with Crippen LogP contribution in [0.4, 0.5) is 10.5 Å². The van der Waals surface area contributed by atoms with Gasteiger partial charge in [-0.15, -0.1) is 0 Å². The number of carbonyl (C=O) groups is 4. The Kier molecular flexibility index (Phi) is 10.4. The van der Waals surface area contributed by atoms with E-state index in [0.29, 0.717) is 44.6 Å². The van der Waals surface area contributed by atoms with Gasteiger partial charge >= 0.3 is 6.09 Å². The summed E-state index contributed by atoms with van der Waals surface area (Å²) in [6, 6.07) is 7.60. The van der Waals surface area contributed by atoms with Gasteiger partial charge in [0.05, 0.1) is 4.91 Å². The fourth-order valence-corrected chi connectivity index (χ4v) is 3.98. The molecule has 0 bridgehead atoms. The number of hydrogen-bond acceptors (Lipinski definition) is 7. The van der Waals surface area contributed by atoms with Crippen LogP contribution in [0.3, 0.4) is 0 Å². The fraction of sp³-hybridized carbons (Fsp3) is 0.500. The van der Waals surface area contributed by atoms with Gasteiger partial charge in [-0.05, 0) is 63.1 Å². The van der Waals surface area contributed by atoms with Gasteiger partial charge in [0, 0.05) is 44.8 Å². The van der Waals surface area contributed by atoms with E-state index in [1.54, 1.807) is 26.8 Å². The van der Waals surface area contributed by atoms with Gasteiger partial charge in [0.25, 0.3) is 5.91 Å². The molecule has 0 aliphatic carbocycles. The first-order chi connectivity index (χ1) is 16.1. The van der Waals surface area contributed by atoms with Crippen LogP contribution in [0, 0.1) is 0 Å². The number of thioether (sulfide) groups is 1. The first kappa shape index (κ1) is 27.2. The van der Waals surface area contributed by atoms with Crippen molar-refractivity contribution < 1.29 is 23.9 Å². The molecule has 9 nitrogen and oxygen atoms in total. The Labute approximate surface area is 205 Å². The summed E-state index contributed by atoms with van der Waals surface area (Å²) in [4.78, 5) is 51.1. The molecule has 3 amide bonds. The van der Waals surface area contributed by atoms with Crippen molar-refractivity contribution in [3.8, 4) is 0 Å². The average molecular weight is 491 g/mol. The number of rotatable bonds is 9. The molecule has 0 spiro atoms. The zero-order chi connectivity index (χ0) is 25.1. The molecule has 0 unspecified atom stereocenters. The lowest BCUT2D eigenvalue weighted by Crippen LogP contribution is -2.36. The number of benzene rings is 1. The van der Waals surface area contributed by atoms with Gasteiger partial charge in [0.1, 0.15) is 5.60 Å². The molecule has 0 aromatic heterocycles. The highest BCUT2D eigenvalue weighted by molar-refractivity contribution is 8.16. The molecule has 3 N–H and O–H groups in total. The van der Waals surface area contributed by atoms with E-state index in [-0.39, 0.29) is 10.8 Å². The molecule has 2 rings (SSSR count). The highest BCUT2D eigenvalue weighted by Crippen LogP contribution is 2.26. The number of alkyl carbamates (subject to hydrolysis) is 1. The smallest absolute Gasteiger partial charge is 0.407 e. The van der Waals surface area contributed by atoms with Crippen LogP contribution in [0.5, 0.6) is 0 Å². The fourth-order valence-electron chi connectivity index (χ4n) is 3.56. The Morgan fingerprint density at radius 2 is 1.88 bits per heavy atom. The minimum absolute atomic E-state index is 0.0550. The average Bonchev–Trinajstić information content (AvgIpc) is 3.01. The molecule has 1 aromatic carbocycles. The number of hydrogen-bond donors (Lipinski definition) is 2. The summed E-state index contributed by atoms with van der Waals surface area (Å²) in [5.41, 5.74) is 7.13. The van der Waals surface area contributed by atoms with Crippen molar-refractivity contribution in [2.75, 3.05) is 37.6 Å². The Morgan fingerprint density at radius 1 is 1.15 bits per heavy atom. The Morgan fingerprint density at radius 3 is 2.56 bits per heavy atom. The lowest BCUT2D eigenvalue weighted by atomic mass is 10.1. The molecule has 1 aliphatic heterocycles. The number of nitrogens with zero attached hydrogens (tertiary/aromatic N) is 2. The van der Waals surface area contributed by atoms with Crippen LogP contribution in [0.25, 0.3) is 6.08 Å². The van der Waals surface area contributed by atoms with Crippen LogP contribution in [-0.4, -0.2) is 66.8 Å². The number of para-hydroxylation sites is 1. The van der Waals surface area contributed by atoms with Gasteiger partial charge in [-0.1, -0.05) is 18.2 Å². The third-order valence-electron chi connectivity index (χ3n) is 5.07. The Hall–Kier alpha value is -3.01. The highest BCUT2D eigenvalue weighted by atomic mass is 32.2. The zero-order valence-electron chi connectivity index (χ0n) is 20.0. The normalized spacial score (nSPS) is 14.9. The van der Waals surface area contributed by atoms with Crippen molar-refractivity contribution in [1.29, 1.82) is 0 Å². The molecule has 186 valence electrons. The standard InChI is InChI=1S/C24H34N4O5S/c1-24(2,3)33-23(32)26-11-6-10-21(30)28-13-7-12-27(14-15-28)19-9-5-4-8-18(19)16-20(22(25)31)34-17-29/h4-5,8-9,16-17H,6-7,10-15H2,1-3H3,(H2,25,31)(H,26,32)/b20-16-. The first-order valence-electron chi connectivity index (χ1n) is 11.3. The van der Waals surface area contributed by atoms with E-state index in [4.69, 9.17) is 10.5 Å². The number of primary amides is 1. The van der Waals surface area contributed by atoms with Crippen LogP contribution in [0.1, 0.15) is 45.6 Å². The van der Waals surface area contributed by atoms with Crippen molar-refractivity contribution in [3.05, 3.63) is 34.7 Å². The minimum atomic E-state index is -0.652. The molecule has 1 saturated heterocycles. The molecule has 0 saturated carbocycles. The molecule has 34 heavy (non-hydrogen) atoms. The number of carbonyl (C=O) groups excluding carboxylic acids is 4. The Balaban J connectivity index is 1.93. The first-order valence-corrected chi connectivity index (χ1v) is 12.2. The number of amides is 3. The topological polar surface area (TPSA) is 122 Å². The van der Waals surface area contributed by atoms with E-state index in [2.05, 4.69) is 10.2 Å². The van der Waals surface area contributed by atoms with Gasteiger partial charge in [-0.3, -0.25) is 14.4 Å². The largest absolute Gasteiger partial charge is 0.444 e. The van der Waals surface area contributed by atoms with Crippen molar-refractivity contribution in [2.45, 2.75) is 45.6 Å². The van der Waals surface area contributed by atoms with Crippen molar-refractivity contribution in [1.82, 2.24) is 10.2 Å². The highest BCUT2D eigenvalue weighted by Gasteiger charge is 2.21. The van der Waals surface area contributed by atoms with Gasteiger partial charge < -0.3 is 25.6 Å². The second kappa shape index (κ2) is 13.0. The Bertz CT molecular complexity index is 913. The van der Waals surface area contributed by atoms with E-state index in [0.717, 1.165) is 36.0 Å². The second-order valence-corrected chi connectivity index (χ2v) is 9.77. The monoisotopic (exact) mass is 490 g/mol. The van der Waals surface area contributed by atoms with Crippen LogP contribution < -0.4 is 16.0 Å². The summed E-state index contributed by atoms with van der Waals surface area (Å²) in [6.07, 6.45) is 2.83. The number of ether oxygens (including phenoxy) is 1. The quantitative estimate of drug-likeness (QED) is 0.310. The predicted octanol–water partition coefficient (Wildman–Crippen LogP) is 2.78. The minimum Gasteiger partial charge on any atom is -0.444 e. The molecule has 1 aliphatic rings. The second-order valence-electron chi connectivity index (χ2n) is 8.90. The van der Waals surface area contributed by atoms with E-state index in [9.17, 15) is 19.2 Å². The summed E-state index contributed by atoms with van der Waals surface area (Å²) < 4.78 is 5.19. The van der Waals surface area contributed by atoms with Gasteiger partial charge in [-0.25, -0.2) is 4.79 Å². The van der Waals surface area contributed by atoms with Crippen LogP contribution in [0.15, 0.2) is 29.2 Å². The van der Waals surface area contributed by atoms with E-state index in [1.807, 2.05) is 29.2 Å². The van der Waals surface area contributed by atoms with Gasteiger partial charge in [0.2, 0.25) is 5.91 Å². The van der Waals surface area contributed by atoms with Crippen molar-refractivity contribution >= 4 is 47.1 Å². The summed E-state index contributed by atoms with van der Waals surface area (Å²) in [5, 5.41) is 2.68. The number of anilines is 1. The lowest BCUT2D eigenvalue weighted by molar-refractivity contribution is -0.131. The van der Waals surface area contributed by atoms with E-state index in [1.165, 1.54) is 0 Å². The van der Waals surface area contributed by atoms with Crippen LogP contribution in [0.2, 0.25) is 0 Å². The van der Waals surface area contributed by atoms with E-state index >= 15 is 0 Å². The molecule has 1 fully saturated rings. The SMILES string of the molecule is CC(C)(C)OC(=O)NCCCC(=O)N1CCCN(c2ccccc2/C=C(\SC=O)C(N)=O)CC1. The molecular weight excluding hydrogens is 456 g/mol. The molecule has 0 radical (unpaired) electrons. The maximum absolute atomic E-state index is 12.7. The molecule has 1 heterocycles. The van der Waals surface area contributed by atoms with Gasteiger partial charge in [0.15, 0.2) is 5.62 Å². The summed E-state index contributed by atoms with van der Waals surface area (Å²) in [7, 11) is 0. The molecular formula is C24H34N4O5S. The summed E-state index contributed by atoms with van der Waals surface area (Å²) in [5.74, 6) is -0.597. The lowest BCUT2D eigenvalue weighted by Gasteiger charge is -2.25. The number of nitrogens with two attached hydrogens (primary N) is 1. The molecule has 1 aromatic rings. The van der Waals surface area contributed by atoms with Gasteiger partial charge in [-0.2, -0.15) is 0 Å². The number of nitrogens with one attached hydrogen (secondary N) is 1. The molecule has 10 heteroatoms. The predicted molar refractivity (Wildman–Crippen MR) is 135 cm³/mol. The third kappa shape index (κ3) is 9.09. The maximum Gasteiger partial charge on any atom is 0.407 e. The van der Waals surface area contributed by atoms with Crippen LogP contribution >= 0.6 is 11.8 Å². The molecule has 0 atom stereocenters. The maximum atomic E-state index is 12.7. The van der Waals surface area contributed by atoms with Crippen molar-refractivity contribution in [3.63, 3.8) is 0 Å². The zero-order valence-corrected chi connectivity index (χ0v) is 20.9. The third-order valence-corrected chi connectivity index (χ3v) is 5.74. The summed E-state index contributed by atoms with van der Waals surface area (Å²) in [6.45, 7) is 8.39. The van der Waals surface area contributed by atoms with Crippen LogP contribution in [-0.2, 0) is 19.1 Å². The van der Waals surface area contributed by atoms with Crippen molar-refractivity contribution in [2.24, 2.45) is 5.73 Å². The van der Waals surface area contributed by atoms with E-state index < -0.39 is 17.6 Å².